The second-order valence-electron chi connectivity index (χ2n) is 12.0. The van der Waals surface area contributed by atoms with Crippen molar-refractivity contribution in [2.75, 3.05) is 57.1 Å². The van der Waals surface area contributed by atoms with Gasteiger partial charge in [-0.05, 0) is 74.6 Å². The SMILES string of the molecule is CCOc1ccc(CN(C)C)cc1NC(=O)[C@H](NC(=O)N1CCN(c2ccc(C(F)(F)F)cc2)CC1)[C@@H](C)c1c[nH]c2ccccc12. The minimum Gasteiger partial charge on any atom is -0.492 e. The average molecular weight is 651 g/mol. The van der Waals surface area contributed by atoms with Gasteiger partial charge in [0.2, 0.25) is 5.91 Å². The maximum Gasteiger partial charge on any atom is 0.416 e. The third kappa shape index (κ3) is 7.99. The Hall–Kier alpha value is -4.71. The summed E-state index contributed by atoms with van der Waals surface area (Å²) in [4.78, 5) is 36.7. The summed E-state index contributed by atoms with van der Waals surface area (Å²) < 4.78 is 44.9. The molecule has 4 aromatic rings. The first-order valence-corrected chi connectivity index (χ1v) is 15.7. The van der Waals surface area contributed by atoms with Crippen LogP contribution >= 0.6 is 0 Å². The van der Waals surface area contributed by atoms with E-state index in [1.54, 1.807) is 4.90 Å². The first kappa shape index (κ1) is 33.6. The fourth-order valence-electron chi connectivity index (χ4n) is 5.95. The highest BCUT2D eigenvalue weighted by Crippen LogP contribution is 2.32. The smallest absolute Gasteiger partial charge is 0.416 e. The van der Waals surface area contributed by atoms with Crippen molar-refractivity contribution in [3.05, 3.63) is 89.6 Å². The predicted molar refractivity (Wildman–Crippen MR) is 178 cm³/mol. The quantitative estimate of drug-likeness (QED) is 0.188. The number of hydrogen-bond acceptors (Lipinski definition) is 5. The van der Waals surface area contributed by atoms with Crippen molar-refractivity contribution >= 4 is 34.2 Å². The molecule has 1 aromatic heterocycles. The third-order valence-electron chi connectivity index (χ3n) is 8.40. The van der Waals surface area contributed by atoms with Gasteiger partial charge in [0.1, 0.15) is 11.8 Å². The standard InChI is InChI=1S/C35H41F3N6O3/c1-5-47-31-15-10-24(22-42(3)4)20-30(31)40-33(45)32(23(2)28-21-39-29-9-7-6-8-27(28)29)41-34(46)44-18-16-43(17-19-44)26-13-11-25(12-14-26)35(36,37)38/h6-15,20-21,23,32,39H,5,16-19,22H2,1-4H3,(H,40,45)(H,41,46)/t23-,32+/m0/s1. The number of piperazine rings is 1. The van der Waals surface area contributed by atoms with E-state index in [4.69, 9.17) is 4.74 Å². The molecular weight excluding hydrogens is 609 g/mol. The zero-order valence-corrected chi connectivity index (χ0v) is 27.0. The van der Waals surface area contributed by atoms with E-state index in [-0.39, 0.29) is 5.91 Å². The molecular formula is C35H41F3N6O3. The van der Waals surface area contributed by atoms with Crippen LogP contribution in [0, 0.1) is 0 Å². The molecule has 12 heteroatoms. The normalized spacial score (nSPS) is 15.1. The number of urea groups is 1. The van der Waals surface area contributed by atoms with Crippen LogP contribution in [0.3, 0.4) is 0 Å². The number of anilines is 2. The first-order valence-electron chi connectivity index (χ1n) is 15.7. The van der Waals surface area contributed by atoms with E-state index in [0.717, 1.165) is 34.2 Å². The summed E-state index contributed by atoms with van der Waals surface area (Å²) in [6, 6.07) is 17.2. The number of aromatic amines is 1. The van der Waals surface area contributed by atoms with E-state index in [0.29, 0.717) is 56.5 Å². The molecule has 1 aliphatic heterocycles. The number of para-hydroxylation sites is 1. The third-order valence-corrected chi connectivity index (χ3v) is 8.40. The molecule has 0 unspecified atom stereocenters. The highest BCUT2D eigenvalue weighted by atomic mass is 19.4. The minimum absolute atomic E-state index is 0.337. The zero-order chi connectivity index (χ0) is 33.7. The molecule has 3 N–H and O–H groups in total. The Morgan fingerprint density at radius 2 is 1.70 bits per heavy atom. The summed E-state index contributed by atoms with van der Waals surface area (Å²) in [6.07, 6.45) is -2.53. The molecule has 0 radical (unpaired) electrons. The van der Waals surface area contributed by atoms with Gasteiger partial charge in [-0.25, -0.2) is 4.79 Å². The molecule has 0 spiro atoms. The number of ether oxygens (including phenoxy) is 1. The van der Waals surface area contributed by atoms with Crippen LogP contribution in [-0.4, -0.2) is 79.6 Å². The lowest BCUT2D eigenvalue weighted by atomic mass is 9.92. The molecule has 47 heavy (non-hydrogen) atoms. The molecule has 1 aliphatic rings. The number of halogens is 3. The monoisotopic (exact) mass is 650 g/mol. The molecule has 3 aromatic carbocycles. The van der Waals surface area contributed by atoms with Crippen molar-refractivity contribution in [2.45, 2.75) is 38.5 Å². The lowest BCUT2D eigenvalue weighted by Gasteiger charge is -2.37. The lowest BCUT2D eigenvalue weighted by Crippen LogP contribution is -2.56. The van der Waals surface area contributed by atoms with Gasteiger partial charge < -0.3 is 35.1 Å². The van der Waals surface area contributed by atoms with E-state index in [1.807, 2.05) is 86.4 Å². The fourth-order valence-corrected chi connectivity index (χ4v) is 5.95. The second kappa shape index (κ2) is 14.4. The van der Waals surface area contributed by atoms with Gasteiger partial charge in [0.05, 0.1) is 17.9 Å². The number of carbonyl (C=O) groups is 2. The summed E-state index contributed by atoms with van der Waals surface area (Å²) in [5, 5.41) is 7.00. The van der Waals surface area contributed by atoms with Gasteiger partial charge in [-0.3, -0.25) is 4.79 Å². The molecule has 0 saturated carbocycles. The van der Waals surface area contributed by atoms with Crippen molar-refractivity contribution in [3.63, 3.8) is 0 Å². The number of carbonyl (C=O) groups excluding carboxylic acids is 2. The minimum atomic E-state index is -4.40. The summed E-state index contributed by atoms with van der Waals surface area (Å²) in [7, 11) is 3.93. The van der Waals surface area contributed by atoms with Crippen LogP contribution in [-0.2, 0) is 17.5 Å². The average Bonchev–Trinajstić information content (AvgIpc) is 3.48. The highest BCUT2D eigenvalue weighted by Gasteiger charge is 2.33. The van der Waals surface area contributed by atoms with Crippen LogP contribution in [0.2, 0.25) is 0 Å². The Morgan fingerprint density at radius 3 is 2.36 bits per heavy atom. The number of aromatic nitrogens is 1. The Kier molecular flexibility index (Phi) is 10.3. The molecule has 0 aliphatic carbocycles. The number of nitrogens with zero attached hydrogens (tertiary/aromatic N) is 3. The molecule has 2 heterocycles. The number of benzene rings is 3. The van der Waals surface area contributed by atoms with Gasteiger partial charge in [-0.15, -0.1) is 0 Å². The van der Waals surface area contributed by atoms with E-state index < -0.39 is 29.7 Å². The van der Waals surface area contributed by atoms with E-state index in [2.05, 4.69) is 15.6 Å². The van der Waals surface area contributed by atoms with E-state index in [9.17, 15) is 22.8 Å². The first-order chi connectivity index (χ1) is 22.4. The van der Waals surface area contributed by atoms with E-state index in [1.165, 1.54) is 12.1 Å². The molecule has 2 atom stereocenters. The number of fused-ring (bicyclic) bond motifs is 1. The maximum absolute atomic E-state index is 14.1. The van der Waals surface area contributed by atoms with Crippen LogP contribution in [0.15, 0.2) is 72.9 Å². The van der Waals surface area contributed by atoms with Crippen LogP contribution in [0.25, 0.3) is 10.9 Å². The van der Waals surface area contributed by atoms with Crippen LogP contribution in [0.1, 0.15) is 36.5 Å². The Labute approximate surface area is 272 Å². The van der Waals surface area contributed by atoms with Gasteiger partial charge in [-0.1, -0.05) is 31.2 Å². The molecule has 1 fully saturated rings. The second-order valence-corrected chi connectivity index (χ2v) is 12.0. The van der Waals surface area contributed by atoms with Gasteiger partial charge in [0, 0.05) is 61.4 Å². The Bertz CT molecular complexity index is 1680. The lowest BCUT2D eigenvalue weighted by molar-refractivity contribution is -0.137. The number of amides is 3. The van der Waals surface area contributed by atoms with Gasteiger partial charge in [0.15, 0.2) is 0 Å². The van der Waals surface area contributed by atoms with Gasteiger partial charge >= 0.3 is 12.2 Å². The van der Waals surface area contributed by atoms with Crippen molar-refractivity contribution in [2.24, 2.45) is 0 Å². The zero-order valence-electron chi connectivity index (χ0n) is 27.0. The largest absolute Gasteiger partial charge is 0.492 e. The van der Waals surface area contributed by atoms with Crippen molar-refractivity contribution < 1.29 is 27.5 Å². The van der Waals surface area contributed by atoms with Crippen molar-refractivity contribution in [1.82, 2.24) is 20.1 Å². The van der Waals surface area contributed by atoms with Gasteiger partial charge in [0.25, 0.3) is 0 Å². The molecule has 3 amide bonds. The van der Waals surface area contributed by atoms with E-state index >= 15 is 0 Å². The van der Waals surface area contributed by atoms with Crippen molar-refractivity contribution in [3.8, 4) is 5.75 Å². The summed E-state index contributed by atoms with van der Waals surface area (Å²) in [5.41, 5.74) is 3.28. The topological polar surface area (TPSA) is 92.9 Å². The summed E-state index contributed by atoms with van der Waals surface area (Å²) in [5.74, 6) is -0.265. The predicted octanol–water partition coefficient (Wildman–Crippen LogP) is 6.29. The molecule has 9 nitrogen and oxygen atoms in total. The number of hydrogen-bond donors (Lipinski definition) is 3. The van der Waals surface area contributed by atoms with Crippen LogP contribution in [0.4, 0.5) is 29.3 Å². The number of alkyl halides is 3. The number of nitrogens with one attached hydrogen (secondary N) is 3. The molecule has 5 rings (SSSR count). The van der Waals surface area contributed by atoms with Crippen molar-refractivity contribution in [1.29, 1.82) is 0 Å². The highest BCUT2D eigenvalue weighted by molar-refractivity contribution is 5.99. The molecule has 250 valence electrons. The maximum atomic E-state index is 14.1. The van der Waals surface area contributed by atoms with Crippen LogP contribution in [0.5, 0.6) is 5.75 Å². The fraction of sp³-hybridized carbons (Fsp3) is 0.371. The van der Waals surface area contributed by atoms with Crippen LogP contribution < -0.4 is 20.3 Å². The number of H-pyrrole nitrogens is 1. The Balaban J connectivity index is 1.35. The summed E-state index contributed by atoms with van der Waals surface area (Å²) in [6.45, 7) is 6.41. The summed E-state index contributed by atoms with van der Waals surface area (Å²) >= 11 is 0. The number of rotatable bonds is 10. The van der Waals surface area contributed by atoms with Gasteiger partial charge in [-0.2, -0.15) is 13.2 Å². The Morgan fingerprint density at radius 1 is 1.00 bits per heavy atom. The molecule has 0 bridgehead atoms. The molecule has 1 saturated heterocycles.